The van der Waals surface area contributed by atoms with Gasteiger partial charge in [0, 0.05) is 6.20 Å². The second-order valence-electron chi connectivity index (χ2n) is 7.51. The van der Waals surface area contributed by atoms with Gasteiger partial charge in [0.05, 0.1) is 13.0 Å². The van der Waals surface area contributed by atoms with Crippen LogP contribution in [0.3, 0.4) is 0 Å². The molecule has 0 unspecified atom stereocenters. The molecule has 0 amide bonds. The van der Waals surface area contributed by atoms with Gasteiger partial charge in [-0.1, -0.05) is 97.1 Å². The van der Waals surface area contributed by atoms with Gasteiger partial charge in [0.25, 0.3) is 0 Å². The van der Waals surface area contributed by atoms with Crippen LogP contribution in [0.5, 0.6) is 0 Å². The molecule has 0 saturated carbocycles. The van der Waals surface area contributed by atoms with Gasteiger partial charge in [0.2, 0.25) is 0 Å². The number of nitrogens with zero attached hydrogens (tertiary/aromatic N) is 1. The molecule has 0 atom stereocenters. The first-order chi connectivity index (χ1) is 15.7. The van der Waals surface area contributed by atoms with E-state index in [2.05, 4.69) is 46.7 Å². The number of benzene rings is 3. The van der Waals surface area contributed by atoms with Gasteiger partial charge in [-0.05, 0) is 35.2 Å². The maximum Gasteiger partial charge on any atom is 0.310 e. The largest absolute Gasteiger partial charge is 0.466 e. The zero-order chi connectivity index (χ0) is 22.2. The Morgan fingerprint density at radius 3 is 1.69 bits per heavy atom. The van der Waals surface area contributed by atoms with Crippen LogP contribution < -0.4 is 5.32 Å². The highest BCUT2D eigenvalue weighted by molar-refractivity contribution is 5.72. The summed E-state index contributed by atoms with van der Waals surface area (Å²) < 4.78 is 5.05. The molecule has 1 aromatic heterocycles. The van der Waals surface area contributed by atoms with Gasteiger partial charge in [-0.3, -0.25) is 4.79 Å². The molecule has 0 aliphatic carbocycles. The lowest BCUT2D eigenvalue weighted by atomic mass is 9.77. The highest BCUT2D eigenvalue weighted by Gasteiger charge is 2.36. The Labute approximate surface area is 188 Å². The number of aromatic nitrogens is 1. The molecule has 0 radical (unpaired) electrons. The van der Waals surface area contributed by atoms with E-state index in [1.165, 1.54) is 0 Å². The first kappa shape index (κ1) is 21.3. The molecule has 160 valence electrons. The number of hydrogen-bond acceptors (Lipinski definition) is 4. The van der Waals surface area contributed by atoms with E-state index in [-0.39, 0.29) is 12.4 Å². The molecular weight excluding hydrogens is 396 g/mol. The summed E-state index contributed by atoms with van der Waals surface area (Å²) in [6, 6.07) is 34.9. The zero-order valence-electron chi connectivity index (χ0n) is 18.1. The number of carbonyl (C=O) groups excluding carboxylic acids is 1. The first-order valence-electron chi connectivity index (χ1n) is 10.8. The molecule has 1 heterocycles. The molecule has 1 N–H and O–H groups in total. The average molecular weight is 423 g/mol. The molecule has 4 nitrogen and oxygen atoms in total. The Kier molecular flexibility index (Phi) is 6.61. The lowest BCUT2D eigenvalue weighted by Gasteiger charge is -2.37. The van der Waals surface area contributed by atoms with Crippen molar-refractivity contribution in [2.75, 3.05) is 11.9 Å². The molecule has 0 fully saturated rings. The van der Waals surface area contributed by atoms with Crippen molar-refractivity contribution in [2.45, 2.75) is 18.9 Å². The lowest BCUT2D eigenvalue weighted by Crippen LogP contribution is -2.38. The second-order valence-corrected chi connectivity index (χ2v) is 7.51. The number of hydrogen-bond donors (Lipinski definition) is 1. The summed E-state index contributed by atoms with van der Waals surface area (Å²) in [5, 5.41) is 3.72. The maximum absolute atomic E-state index is 11.8. The van der Waals surface area contributed by atoms with Crippen LogP contribution in [0.1, 0.15) is 29.2 Å². The van der Waals surface area contributed by atoms with Crippen LogP contribution in [0.15, 0.2) is 109 Å². The Morgan fingerprint density at radius 2 is 1.28 bits per heavy atom. The van der Waals surface area contributed by atoms with Crippen molar-refractivity contribution >= 4 is 11.8 Å². The van der Waals surface area contributed by atoms with Gasteiger partial charge in [0.15, 0.2) is 0 Å². The summed E-state index contributed by atoms with van der Waals surface area (Å²) in [5.74, 6) is 0.469. The highest BCUT2D eigenvalue weighted by atomic mass is 16.5. The maximum atomic E-state index is 11.8. The molecule has 0 aliphatic heterocycles. The Bertz CT molecular complexity index is 1030. The topological polar surface area (TPSA) is 51.2 Å². The normalized spacial score (nSPS) is 11.0. The standard InChI is InChI=1S/C28H26N2O2/c1-2-32-27(31)20-22-18-19-26(29-21-22)30-28(23-12-6-3-7-13-23,24-14-8-4-9-15-24)25-16-10-5-11-17-25/h3-19,21H,2,20H2,1H3,(H,29,30). The summed E-state index contributed by atoms with van der Waals surface area (Å²) in [7, 11) is 0. The van der Waals surface area contributed by atoms with Crippen LogP contribution in [0.2, 0.25) is 0 Å². The van der Waals surface area contributed by atoms with Crippen LogP contribution in [0.25, 0.3) is 0 Å². The molecule has 32 heavy (non-hydrogen) atoms. The Hall–Kier alpha value is -3.92. The van der Waals surface area contributed by atoms with Crippen LogP contribution >= 0.6 is 0 Å². The van der Waals surface area contributed by atoms with Crippen LogP contribution in [-0.4, -0.2) is 17.6 Å². The summed E-state index contributed by atoms with van der Waals surface area (Å²) >= 11 is 0. The fourth-order valence-corrected chi connectivity index (χ4v) is 3.95. The fraction of sp³-hybridized carbons (Fsp3) is 0.143. The van der Waals surface area contributed by atoms with Gasteiger partial charge >= 0.3 is 5.97 Å². The third-order valence-electron chi connectivity index (χ3n) is 5.41. The van der Waals surface area contributed by atoms with E-state index in [0.717, 1.165) is 22.3 Å². The van der Waals surface area contributed by atoms with Crippen LogP contribution in [0, 0.1) is 0 Å². The molecule has 0 bridgehead atoms. The summed E-state index contributed by atoms with van der Waals surface area (Å²) in [5.41, 5.74) is 3.50. The third-order valence-corrected chi connectivity index (χ3v) is 5.41. The smallest absolute Gasteiger partial charge is 0.310 e. The predicted molar refractivity (Wildman–Crippen MR) is 127 cm³/mol. The SMILES string of the molecule is CCOC(=O)Cc1ccc(NC(c2ccccc2)(c2ccccc2)c2ccccc2)nc1. The number of nitrogens with one attached hydrogen (secondary N) is 1. The molecule has 0 aliphatic rings. The predicted octanol–water partition coefficient (Wildman–Crippen LogP) is 5.59. The average Bonchev–Trinajstić information content (AvgIpc) is 2.85. The molecule has 4 aromatic rings. The summed E-state index contributed by atoms with van der Waals surface area (Å²) in [6.07, 6.45) is 1.94. The van der Waals surface area contributed by atoms with E-state index in [0.29, 0.717) is 12.4 Å². The van der Waals surface area contributed by atoms with E-state index >= 15 is 0 Å². The van der Waals surface area contributed by atoms with E-state index in [4.69, 9.17) is 4.74 Å². The van der Waals surface area contributed by atoms with Gasteiger partial charge in [-0.15, -0.1) is 0 Å². The zero-order valence-corrected chi connectivity index (χ0v) is 18.1. The van der Waals surface area contributed by atoms with Crippen molar-refractivity contribution in [3.05, 3.63) is 132 Å². The van der Waals surface area contributed by atoms with Crippen LogP contribution in [-0.2, 0) is 21.5 Å². The van der Waals surface area contributed by atoms with Crippen molar-refractivity contribution in [3.63, 3.8) is 0 Å². The summed E-state index contributed by atoms with van der Waals surface area (Å²) in [4.78, 5) is 16.4. The summed E-state index contributed by atoms with van der Waals surface area (Å²) in [6.45, 7) is 2.18. The number of rotatable bonds is 8. The van der Waals surface area contributed by atoms with Crippen molar-refractivity contribution in [2.24, 2.45) is 0 Å². The van der Waals surface area contributed by atoms with Gasteiger partial charge in [-0.2, -0.15) is 0 Å². The second kappa shape index (κ2) is 9.92. The molecule has 0 spiro atoms. The number of pyridine rings is 1. The minimum absolute atomic E-state index is 0.211. The molecular formula is C28H26N2O2. The third kappa shape index (κ3) is 4.54. The lowest BCUT2D eigenvalue weighted by molar-refractivity contribution is -0.142. The molecule has 4 heteroatoms. The first-order valence-corrected chi connectivity index (χ1v) is 10.8. The molecule has 4 rings (SSSR count). The number of carbonyl (C=O) groups is 1. The van der Waals surface area contributed by atoms with Crippen molar-refractivity contribution in [3.8, 4) is 0 Å². The van der Waals surface area contributed by atoms with Crippen LogP contribution in [0.4, 0.5) is 5.82 Å². The van der Waals surface area contributed by atoms with Gasteiger partial charge < -0.3 is 10.1 Å². The number of anilines is 1. The van der Waals surface area contributed by atoms with E-state index in [9.17, 15) is 4.79 Å². The van der Waals surface area contributed by atoms with Crippen molar-refractivity contribution < 1.29 is 9.53 Å². The molecule has 0 saturated heterocycles. The van der Waals surface area contributed by atoms with Crippen molar-refractivity contribution in [1.82, 2.24) is 4.98 Å². The fourth-order valence-electron chi connectivity index (χ4n) is 3.95. The van der Waals surface area contributed by atoms with E-state index in [1.54, 1.807) is 13.1 Å². The Morgan fingerprint density at radius 1 is 0.781 bits per heavy atom. The van der Waals surface area contributed by atoms with E-state index in [1.807, 2.05) is 66.7 Å². The van der Waals surface area contributed by atoms with Gasteiger partial charge in [0.1, 0.15) is 11.4 Å². The quantitative estimate of drug-likeness (QED) is 0.297. The van der Waals surface area contributed by atoms with Crippen molar-refractivity contribution in [1.29, 1.82) is 0 Å². The minimum Gasteiger partial charge on any atom is -0.466 e. The minimum atomic E-state index is -0.639. The monoisotopic (exact) mass is 422 g/mol. The van der Waals surface area contributed by atoms with Gasteiger partial charge in [-0.25, -0.2) is 4.98 Å². The number of ether oxygens (including phenoxy) is 1. The number of esters is 1. The van der Waals surface area contributed by atoms with E-state index < -0.39 is 5.54 Å². The highest BCUT2D eigenvalue weighted by Crippen LogP contribution is 2.39. The molecule has 3 aromatic carbocycles. The Balaban J connectivity index is 1.79.